The molecule has 1 heterocycles. The summed E-state index contributed by atoms with van der Waals surface area (Å²) in [4.78, 5) is 15.7. The van der Waals surface area contributed by atoms with Crippen molar-refractivity contribution >= 4 is 29.3 Å². The second-order valence-corrected chi connectivity index (χ2v) is 6.65. The molecular weight excluding hydrogens is 270 g/mol. The van der Waals surface area contributed by atoms with Gasteiger partial charge in [0.15, 0.2) is 4.34 Å². The first kappa shape index (κ1) is 13.8. The van der Waals surface area contributed by atoms with Crippen LogP contribution in [0.3, 0.4) is 0 Å². The first-order valence-electron chi connectivity index (χ1n) is 6.00. The third kappa shape index (κ3) is 3.43. The lowest BCUT2D eigenvalue weighted by atomic mass is 10.1. The van der Waals surface area contributed by atoms with Gasteiger partial charge >= 0.3 is 5.97 Å². The fraction of sp³-hybridized carbons (Fsp3) is 0.727. The highest BCUT2D eigenvalue weighted by molar-refractivity contribution is 8.01. The van der Waals surface area contributed by atoms with Crippen LogP contribution in [-0.4, -0.2) is 37.8 Å². The number of aromatic nitrogens is 2. The number of hydrogen-bond donors (Lipinski definition) is 2. The van der Waals surface area contributed by atoms with Gasteiger partial charge in [-0.1, -0.05) is 18.7 Å². The second-order valence-electron chi connectivity index (χ2n) is 4.67. The van der Waals surface area contributed by atoms with Crippen molar-refractivity contribution in [3.63, 3.8) is 0 Å². The molecule has 1 unspecified atom stereocenters. The summed E-state index contributed by atoms with van der Waals surface area (Å²) in [6.45, 7) is 3.74. The molecule has 0 radical (unpaired) electrons. The Morgan fingerprint density at radius 3 is 2.89 bits per heavy atom. The molecule has 0 aliphatic heterocycles. The van der Waals surface area contributed by atoms with Crippen molar-refractivity contribution < 1.29 is 9.90 Å². The highest BCUT2D eigenvalue weighted by Crippen LogP contribution is 2.28. The predicted molar refractivity (Wildman–Crippen MR) is 72.2 cm³/mol. The minimum Gasteiger partial charge on any atom is -0.480 e. The molecule has 5 nitrogen and oxygen atoms in total. The Kier molecular flexibility index (Phi) is 4.24. The van der Waals surface area contributed by atoms with Crippen molar-refractivity contribution in [2.75, 3.05) is 5.75 Å². The minimum absolute atomic E-state index is 0.368. The number of aryl methyl sites for hydroxylation is 1. The Hall–Kier alpha value is -0.660. The highest BCUT2D eigenvalue weighted by Gasteiger charge is 2.38. The van der Waals surface area contributed by atoms with E-state index in [-0.39, 0.29) is 0 Å². The molecule has 0 spiro atoms. The van der Waals surface area contributed by atoms with Crippen LogP contribution < -0.4 is 5.32 Å². The van der Waals surface area contributed by atoms with E-state index in [0.717, 1.165) is 29.4 Å². The number of hydrogen-bond acceptors (Lipinski definition) is 6. The standard InChI is InChI=1S/C11H17N3O2S2/c1-3-8-12-10(18-14-8)17-6-11(2,9(15)16)13-7-4-5-7/h7,13H,3-6H2,1-2H3,(H,15,16). The molecule has 100 valence electrons. The van der Waals surface area contributed by atoms with Crippen molar-refractivity contribution in [3.05, 3.63) is 5.82 Å². The van der Waals surface area contributed by atoms with E-state index in [4.69, 9.17) is 0 Å². The van der Waals surface area contributed by atoms with E-state index < -0.39 is 11.5 Å². The Morgan fingerprint density at radius 2 is 2.39 bits per heavy atom. The average Bonchev–Trinajstić information content (AvgIpc) is 3.02. The first-order valence-corrected chi connectivity index (χ1v) is 7.76. The number of aliphatic carboxylic acids is 1. The molecule has 0 bridgehead atoms. The highest BCUT2D eigenvalue weighted by atomic mass is 32.2. The molecule has 2 N–H and O–H groups in total. The Morgan fingerprint density at radius 1 is 1.67 bits per heavy atom. The summed E-state index contributed by atoms with van der Waals surface area (Å²) in [5.74, 6) is 0.494. The average molecular weight is 287 g/mol. The molecule has 1 aliphatic carbocycles. The van der Waals surface area contributed by atoms with E-state index in [9.17, 15) is 9.90 Å². The summed E-state index contributed by atoms with van der Waals surface area (Å²) >= 11 is 2.81. The minimum atomic E-state index is -0.885. The zero-order valence-corrected chi connectivity index (χ0v) is 12.1. The van der Waals surface area contributed by atoms with Gasteiger partial charge in [0, 0.05) is 18.2 Å². The number of nitrogens with one attached hydrogen (secondary N) is 1. The summed E-state index contributed by atoms with van der Waals surface area (Å²) in [5, 5.41) is 12.5. The van der Waals surface area contributed by atoms with Crippen LogP contribution in [0.4, 0.5) is 0 Å². The molecule has 1 aliphatic rings. The SMILES string of the molecule is CCc1nsc(SCC(C)(NC2CC2)C(=O)O)n1. The van der Waals surface area contributed by atoms with Crippen LogP contribution in [0, 0.1) is 0 Å². The fourth-order valence-corrected chi connectivity index (χ4v) is 3.28. The van der Waals surface area contributed by atoms with Gasteiger partial charge in [-0.15, -0.1) is 0 Å². The molecule has 7 heteroatoms. The van der Waals surface area contributed by atoms with Gasteiger partial charge in [0.05, 0.1) is 0 Å². The lowest BCUT2D eigenvalue weighted by Gasteiger charge is -2.25. The van der Waals surface area contributed by atoms with Crippen LogP contribution in [0.15, 0.2) is 4.34 Å². The largest absolute Gasteiger partial charge is 0.480 e. The third-order valence-electron chi connectivity index (χ3n) is 2.82. The van der Waals surface area contributed by atoms with E-state index in [0.29, 0.717) is 11.8 Å². The summed E-state index contributed by atoms with van der Waals surface area (Å²) in [7, 11) is 0. The molecule has 1 aromatic rings. The van der Waals surface area contributed by atoms with Gasteiger partial charge < -0.3 is 5.11 Å². The van der Waals surface area contributed by atoms with E-state index in [1.807, 2.05) is 6.92 Å². The van der Waals surface area contributed by atoms with Gasteiger partial charge in [0.1, 0.15) is 11.4 Å². The Bertz CT molecular complexity index is 434. The number of carboxylic acid groups (broad SMARTS) is 1. The lowest BCUT2D eigenvalue weighted by molar-refractivity contribution is -0.143. The molecule has 18 heavy (non-hydrogen) atoms. The third-order valence-corrected chi connectivity index (χ3v) is 5.01. The molecule has 1 fully saturated rings. The molecule has 0 aromatic carbocycles. The molecular formula is C11H17N3O2S2. The van der Waals surface area contributed by atoms with Gasteiger partial charge in [-0.05, 0) is 31.3 Å². The zero-order chi connectivity index (χ0) is 13.2. The lowest BCUT2D eigenvalue weighted by Crippen LogP contribution is -2.52. The van der Waals surface area contributed by atoms with Gasteiger partial charge in [0.2, 0.25) is 0 Å². The van der Waals surface area contributed by atoms with Crippen LogP contribution in [0.2, 0.25) is 0 Å². The summed E-state index contributed by atoms with van der Waals surface area (Å²) in [5.41, 5.74) is -0.885. The second kappa shape index (κ2) is 5.54. The number of carboxylic acids is 1. The van der Waals surface area contributed by atoms with Gasteiger partial charge in [-0.3, -0.25) is 10.1 Å². The van der Waals surface area contributed by atoms with Gasteiger partial charge in [-0.25, -0.2) is 4.98 Å². The molecule has 2 rings (SSSR count). The smallest absolute Gasteiger partial charge is 0.324 e. The maximum atomic E-state index is 11.4. The molecule has 1 aromatic heterocycles. The van der Waals surface area contributed by atoms with E-state index in [2.05, 4.69) is 14.7 Å². The molecule has 0 saturated heterocycles. The fourth-order valence-electron chi connectivity index (χ4n) is 1.49. The van der Waals surface area contributed by atoms with E-state index in [1.54, 1.807) is 6.92 Å². The first-order chi connectivity index (χ1) is 8.53. The maximum Gasteiger partial charge on any atom is 0.324 e. The number of rotatable bonds is 7. The van der Waals surface area contributed by atoms with Crippen LogP contribution in [0.5, 0.6) is 0 Å². The van der Waals surface area contributed by atoms with Crippen molar-refractivity contribution in [3.8, 4) is 0 Å². The quantitative estimate of drug-likeness (QED) is 0.745. The maximum absolute atomic E-state index is 11.4. The van der Waals surface area contributed by atoms with E-state index >= 15 is 0 Å². The van der Waals surface area contributed by atoms with Crippen LogP contribution >= 0.6 is 23.3 Å². The van der Waals surface area contributed by atoms with Crippen molar-refractivity contribution in [2.24, 2.45) is 0 Å². The van der Waals surface area contributed by atoms with Crippen molar-refractivity contribution in [1.82, 2.24) is 14.7 Å². The number of nitrogens with zero attached hydrogens (tertiary/aromatic N) is 2. The number of thioether (sulfide) groups is 1. The zero-order valence-electron chi connectivity index (χ0n) is 10.5. The van der Waals surface area contributed by atoms with Crippen LogP contribution in [0.25, 0.3) is 0 Å². The number of carbonyl (C=O) groups is 1. The Labute approximate surface area is 115 Å². The molecule has 0 amide bonds. The van der Waals surface area contributed by atoms with Gasteiger partial charge in [0.25, 0.3) is 0 Å². The van der Waals surface area contributed by atoms with Crippen LogP contribution in [-0.2, 0) is 11.2 Å². The van der Waals surface area contributed by atoms with Crippen molar-refractivity contribution in [1.29, 1.82) is 0 Å². The summed E-state index contributed by atoms with van der Waals surface area (Å²) in [6.07, 6.45) is 2.96. The summed E-state index contributed by atoms with van der Waals surface area (Å²) in [6, 6.07) is 0.368. The Balaban J connectivity index is 1.94. The monoisotopic (exact) mass is 287 g/mol. The van der Waals surface area contributed by atoms with Crippen molar-refractivity contribution in [2.45, 2.75) is 49.0 Å². The van der Waals surface area contributed by atoms with E-state index in [1.165, 1.54) is 23.3 Å². The summed E-state index contributed by atoms with van der Waals surface area (Å²) < 4.78 is 5.04. The molecule has 1 atom stereocenters. The normalized spacial score (nSPS) is 18.6. The van der Waals surface area contributed by atoms with Crippen LogP contribution in [0.1, 0.15) is 32.5 Å². The molecule has 1 saturated carbocycles. The van der Waals surface area contributed by atoms with Gasteiger partial charge in [-0.2, -0.15) is 4.37 Å². The topological polar surface area (TPSA) is 75.1 Å². The predicted octanol–water partition coefficient (Wildman–Crippen LogP) is 1.79.